The van der Waals surface area contributed by atoms with Crippen molar-refractivity contribution in [2.45, 2.75) is 27.2 Å². The minimum absolute atomic E-state index is 0. The predicted molar refractivity (Wildman–Crippen MR) is 113 cm³/mol. The maximum atomic E-state index is 12.1. The van der Waals surface area contributed by atoms with Crippen LogP contribution in [0.1, 0.15) is 46.7 Å². The molecule has 0 fully saturated rings. The SMILES string of the molecule is CCCOC(=O)c1cccc(Nc2cc(C)nc3ccc(C(=O)OCC)cc23)c1.[Cl-]. The quantitative estimate of drug-likeness (QED) is 0.581. The number of carbonyl (C=O) groups excluding carboxylic acids is 2. The zero-order valence-electron chi connectivity index (χ0n) is 17.2. The highest BCUT2D eigenvalue weighted by Gasteiger charge is 2.12. The Kier molecular flexibility index (Phi) is 8.18. The van der Waals surface area contributed by atoms with Gasteiger partial charge >= 0.3 is 11.9 Å². The average molecular weight is 428 g/mol. The molecule has 1 heterocycles. The summed E-state index contributed by atoms with van der Waals surface area (Å²) in [7, 11) is 0. The fourth-order valence-corrected chi connectivity index (χ4v) is 2.96. The molecule has 0 saturated heterocycles. The molecular formula is C23H24ClN2O4-. The van der Waals surface area contributed by atoms with Crippen LogP contribution in [-0.4, -0.2) is 30.1 Å². The maximum Gasteiger partial charge on any atom is 0.338 e. The Morgan fingerprint density at radius 3 is 2.43 bits per heavy atom. The van der Waals surface area contributed by atoms with Crippen LogP contribution in [0.3, 0.4) is 0 Å². The number of fused-ring (bicyclic) bond motifs is 1. The van der Waals surface area contributed by atoms with Crippen LogP contribution in [0.15, 0.2) is 48.5 Å². The van der Waals surface area contributed by atoms with Crippen molar-refractivity contribution in [3.8, 4) is 0 Å². The van der Waals surface area contributed by atoms with Crippen molar-refractivity contribution in [1.29, 1.82) is 0 Å². The van der Waals surface area contributed by atoms with Gasteiger partial charge in [0, 0.05) is 22.5 Å². The number of nitrogens with zero attached hydrogens (tertiary/aromatic N) is 1. The highest BCUT2D eigenvalue weighted by molar-refractivity contribution is 6.00. The number of anilines is 2. The zero-order valence-corrected chi connectivity index (χ0v) is 18.0. The van der Waals surface area contributed by atoms with Crippen LogP contribution in [-0.2, 0) is 9.47 Å². The van der Waals surface area contributed by atoms with Gasteiger partial charge in [0.2, 0.25) is 0 Å². The number of carbonyl (C=O) groups is 2. The van der Waals surface area contributed by atoms with Gasteiger partial charge in [-0.15, -0.1) is 0 Å². The summed E-state index contributed by atoms with van der Waals surface area (Å²) in [6.07, 6.45) is 0.773. The Balaban J connectivity index is 0.00000320. The zero-order chi connectivity index (χ0) is 20.8. The lowest BCUT2D eigenvalue weighted by Gasteiger charge is -2.13. The van der Waals surface area contributed by atoms with Gasteiger partial charge in [0.1, 0.15) is 0 Å². The summed E-state index contributed by atoms with van der Waals surface area (Å²) in [5, 5.41) is 4.13. The second kappa shape index (κ2) is 10.6. The molecule has 0 amide bonds. The molecule has 3 aromatic rings. The first kappa shape index (κ1) is 23.2. The molecule has 2 aromatic carbocycles. The number of hydrogen-bond acceptors (Lipinski definition) is 6. The molecule has 6 nitrogen and oxygen atoms in total. The minimum atomic E-state index is -0.374. The van der Waals surface area contributed by atoms with E-state index in [1.165, 1.54) is 0 Å². The third-order valence-corrected chi connectivity index (χ3v) is 4.26. The Morgan fingerprint density at radius 2 is 1.70 bits per heavy atom. The molecular weight excluding hydrogens is 404 g/mol. The molecule has 0 aliphatic heterocycles. The molecule has 30 heavy (non-hydrogen) atoms. The number of aryl methyl sites for hydroxylation is 1. The van der Waals surface area contributed by atoms with Crippen LogP contribution in [0.5, 0.6) is 0 Å². The fourth-order valence-electron chi connectivity index (χ4n) is 2.96. The number of esters is 2. The Labute approximate surface area is 182 Å². The van der Waals surface area contributed by atoms with Crippen molar-refractivity contribution in [2.75, 3.05) is 18.5 Å². The molecule has 0 bridgehead atoms. The topological polar surface area (TPSA) is 77.5 Å². The highest BCUT2D eigenvalue weighted by Crippen LogP contribution is 2.28. The Bertz CT molecular complexity index is 1050. The van der Waals surface area contributed by atoms with Crippen LogP contribution in [0.25, 0.3) is 10.9 Å². The van der Waals surface area contributed by atoms with E-state index in [1.54, 1.807) is 43.3 Å². The second-order valence-electron chi connectivity index (χ2n) is 6.61. The molecule has 0 aliphatic rings. The highest BCUT2D eigenvalue weighted by atomic mass is 35.5. The lowest BCUT2D eigenvalue weighted by Crippen LogP contribution is -3.00. The van der Waals surface area contributed by atoms with Gasteiger partial charge in [0.15, 0.2) is 0 Å². The van der Waals surface area contributed by atoms with Crippen molar-refractivity contribution in [1.82, 2.24) is 4.98 Å². The van der Waals surface area contributed by atoms with Gasteiger partial charge in [-0.1, -0.05) is 13.0 Å². The lowest BCUT2D eigenvalue weighted by atomic mass is 10.1. The summed E-state index contributed by atoms with van der Waals surface area (Å²) >= 11 is 0. The number of ether oxygens (including phenoxy) is 2. The Morgan fingerprint density at radius 1 is 0.967 bits per heavy atom. The summed E-state index contributed by atoms with van der Waals surface area (Å²) in [5.41, 5.74) is 4.07. The standard InChI is InChI=1S/C23H24N2O4.ClH/c1-4-11-29-23(27)16-7-6-8-18(13-16)25-21-12-15(3)24-20-10-9-17(14-19(20)21)22(26)28-5-2;/h6-10,12-14H,4-5,11H2,1-3H3,(H,24,25);1H/p-1. The third kappa shape index (κ3) is 5.48. The summed E-state index contributed by atoms with van der Waals surface area (Å²) in [6.45, 7) is 6.33. The number of pyridine rings is 1. The molecule has 0 unspecified atom stereocenters. The summed E-state index contributed by atoms with van der Waals surface area (Å²) in [6, 6.07) is 14.3. The normalized spacial score (nSPS) is 10.2. The molecule has 7 heteroatoms. The van der Waals surface area contributed by atoms with E-state index in [4.69, 9.17) is 9.47 Å². The van der Waals surface area contributed by atoms with E-state index in [2.05, 4.69) is 10.3 Å². The smallest absolute Gasteiger partial charge is 0.338 e. The molecule has 0 radical (unpaired) electrons. The van der Waals surface area contributed by atoms with E-state index >= 15 is 0 Å². The van der Waals surface area contributed by atoms with Crippen molar-refractivity contribution in [2.24, 2.45) is 0 Å². The Hall–Kier alpha value is -3.12. The second-order valence-corrected chi connectivity index (χ2v) is 6.61. The first-order valence-corrected chi connectivity index (χ1v) is 9.64. The lowest BCUT2D eigenvalue weighted by molar-refractivity contribution is -0.0000411. The van der Waals surface area contributed by atoms with Gasteiger partial charge < -0.3 is 27.2 Å². The molecule has 3 rings (SSSR count). The van der Waals surface area contributed by atoms with E-state index in [-0.39, 0.29) is 24.3 Å². The molecule has 1 aromatic heterocycles. The van der Waals surface area contributed by atoms with Gasteiger partial charge in [-0.25, -0.2) is 9.59 Å². The molecule has 0 atom stereocenters. The minimum Gasteiger partial charge on any atom is -1.00 e. The number of benzene rings is 2. The largest absolute Gasteiger partial charge is 1.00 e. The van der Waals surface area contributed by atoms with Crippen LogP contribution in [0, 0.1) is 6.92 Å². The molecule has 1 N–H and O–H groups in total. The average Bonchev–Trinajstić information content (AvgIpc) is 2.72. The predicted octanol–water partition coefficient (Wildman–Crippen LogP) is 2.03. The van der Waals surface area contributed by atoms with Gasteiger partial charge in [-0.3, -0.25) is 4.98 Å². The molecule has 158 valence electrons. The van der Waals surface area contributed by atoms with Gasteiger partial charge in [0.05, 0.1) is 29.9 Å². The molecule has 0 aliphatic carbocycles. The number of nitrogens with one attached hydrogen (secondary N) is 1. The number of rotatable bonds is 7. The van der Waals surface area contributed by atoms with E-state index in [0.717, 1.165) is 34.4 Å². The van der Waals surface area contributed by atoms with Gasteiger partial charge in [-0.2, -0.15) is 0 Å². The number of halogens is 1. The monoisotopic (exact) mass is 427 g/mol. The van der Waals surface area contributed by atoms with E-state index in [9.17, 15) is 9.59 Å². The van der Waals surface area contributed by atoms with E-state index in [0.29, 0.717) is 24.3 Å². The maximum absolute atomic E-state index is 12.1. The van der Waals surface area contributed by atoms with E-state index in [1.807, 2.05) is 26.0 Å². The first-order valence-electron chi connectivity index (χ1n) is 9.64. The van der Waals surface area contributed by atoms with Crippen molar-refractivity contribution >= 4 is 34.2 Å². The van der Waals surface area contributed by atoms with Crippen molar-refractivity contribution in [3.05, 3.63) is 65.4 Å². The summed E-state index contributed by atoms with van der Waals surface area (Å²) in [4.78, 5) is 28.8. The molecule has 0 spiro atoms. The van der Waals surface area contributed by atoms with Crippen molar-refractivity contribution in [3.63, 3.8) is 0 Å². The van der Waals surface area contributed by atoms with Gasteiger partial charge in [0.25, 0.3) is 0 Å². The number of hydrogen-bond donors (Lipinski definition) is 1. The van der Waals surface area contributed by atoms with Gasteiger partial charge in [-0.05, 0) is 62.7 Å². The van der Waals surface area contributed by atoms with Crippen LogP contribution in [0.4, 0.5) is 11.4 Å². The van der Waals surface area contributed by atoms with E-state index < -0.39 is 0 Å². The summed E-state index contributed by atoms with van der Waals surface area (Å²) in [5.74, 6) is -0.725. The first-order chi connectivity index (χ1) is 14.0. The third-order valence-electron chi connectivity index (χ3n) is 4.26. The fraction of sp³-hybridized carbons (Fsp3) is 0.261. The van der Waals surface area contributed by atoms with Crippen LogP contribution < -0.4 is 17.7 Å². The summed E-state index contributed by atoms with van der Waals surface area (Å²) < 4.78 is 10.3. The van der Waals surface area contributed by atoms with Crippen LogP contribution >= 0.6 is 0 Å². The number of aromatic nitrogens is 1. The van der Waals surface area contributed by atoms with Crippen LogP contribution in [0.2, 0.25) is 0 Å². The van der Waals surface area contributed by atoms with Crippen molar-refractivity contribution < 1.29 is 31.5 Å². The molecule has 0 saturated carbocycles.